The fourth-order valence-corrected chi connectivity index (χ4v) is 2.79. The lowest BCUT2D eigenvalue weighted by atomic mass is 9.86. The molecule has 3 heteroatoms. The van der Waals surface area contributed by atoms with E-state index in [0.717, 1.165) is 17.5 Å². The Labute approximate surface area is 107 Å². The van der Waals surface area contributed by atoms with Gasteiger partial charge in [0.05, 0.1) is 5.92 Å². The Bertz CT molecular complexity index is 491. The van der Waals surface area contributed by atoms with Crippen LogP contribution in [0.3, 0.4) is 0 Å². The molecule has 0 unspecified atom stereocenters. The van der Waals surface area contributed by atoms with Gasteiger partial charge < -0.3 is 5.11 Å². The first-order chi connectivity index (χ1) is 8.52. The number of Topliss-reactive ketones (excluding diaryl/α,β-unsaturated/α-hetero) is 1. The van der Waals surface area contributed by atoms with Crippen LogP contribution in [0.4, 0.5) is 0 Å². The van der Waals surface area contributed by atoms with Crippen molar-refractivity contribution in [1.82, 2.24) is 0 Å². The Hall–Kier alpha value is -1.64. The van der Waals surface area contributed by atoms with E-state index in [0.29, 0.717) is 18.4 Å². The first-order valence-electron chi connectivity index (χ1n) is 6.35. The van der Waals surface area contributed by atoms with Crippen LogP contribution in [0.5, 0.6) is 0 Å². The molecule has 3 nitrogen and oxygen atoms in total. The van der Waals surface area contributed by atoms with Crippen molar-refractivity contribution in [1.29, 1.82) is 0 Å². The van der Waals surface area contributed by atoms with Crippen molar-refractivity contribution in [2.45, 2.75) is 33.1 Å². The van der Waals surface area contributed by atoms with E-state index in [1.54, 1.807) is 0 Å². The fourth-order valence-electron chi connectivity index (χ4n) is 2.79. The second-order valence-electron chi connectivity index (χ2n) is 5.09. The average molecular weight is 246 g/mol. The van der Waals surface area contributed by atoms with Crippen molar-refractivity contribution in [3.63, 3.8) is 0 Å². The van der Waals surface area contributed by atoms with E-state index in [4.69, 9.17) is 5.11 Å². The third-order valence-electron chi connectivity index (χ3n) is 4.04. The van der Waals surface area contributed by atoms with Crippen LogP contribution in [0.25, 0.3) is 0 Å². The van der Waals surface area contributed by atoms with Gasteiger partial charge in [0.1, 0.15) is 0 Å². The van der Waals surface area contributed by atoms with Crippen LogP contribution in [0.1, 0.15) is 40.7 Å². The normalized spacial score (nSPS) is 23.0. The summed E-state index contributed by atoms with van der Waals surface area (Å²) in [5, 5.41) is 9.15. The number of rotatable bonds is 3. The van der Waals surface area contributed by atoms with Crippen LogP contribution in [0, 0.1) is 25.7 Å². The highest BCUT2D eigenvalue weighted by atomic mass is 16.4. The minimum absolute atomic E-state index is 0.00102. The molecule has 1 N–H and O–H groups in total. The van der Waals surface area contributed by atoms with E-state index in [1.165, 1.54) is 0 Å². The minimum atomic E-state index is -0.837. The summed E-state index contributed by atoms with van der Waals surface area (Å²) in [7, 11) is 0. The number of hydrogen-bond donors (Lipinski definition) is 1. The van der Waals surface area contributed by atoms with Gasteiger partial charge in [0.15, 0.2) is 5.78 Å². The van der Waals surface area contributed by atoms with E-state index >= 15 is 0 Å². The van der Waals surface area contributed by atoms with Gasteiger partial charge in [-0.3, -0.25) is 9.59 Å². The zero-order valence-electron chi connectivity index (χ0n) is 10.8. The second kappa shape index (κ2) is 4.92. The zero-order chi connectivity index (χ0) is 13.3. The molecule has 0 radical (unpaired) electrons. The molecule has 1 aromatic carbocycles. The van der Waals surface area contributed by atoms with E-state index in [9.17, 15) is 9.59 Å². The predicted molar refractivity (Wildman–Crippen MR) is 68.7 cm³/mol. The van der Waals surface area contributed by atoms with Crippen molar-refractivity contribution in [3.8, 4) is 0 Å². The quantitative estimate of drug-likeness (QED) is 0.834. The summed E-state index contributed by atoms with van der Waals surface area (Å²) in [6.45, 7) is 3.89. The first kappa shape index (κ1) is 12.8. The standard InChI is InChI=1S/C15H18O3/c1-9-5-3-6-11(10(9)2)14(16)12-7-4-8-13(12)15(17)18/h3,5-6,12-13H,4,7-8H2,1-2H3,(H,17,18)/t12-,13+/m1/s1. The Morgan fingerprint density at radius 1 is 1.17 bits per heavy atom. The Kier molecular flexibility index (Phi) is 3.50. The molecule has 1 fully saturated rings. The second-order valence-corrected chi connectivity index (χ2v) is 5.09. The highest BCUT2D eigenvalue weighted by molar-refractivity contribution is 6.01. The maximum atomic E-state index is 12.5. The van der Waals surface area contributed by atoms with E-state index in [1.807, 2.05) is 32.0 Å². The van der Waals surface area contributed by atoms with Gasteiger partial charge >= 0.3 is 5.97 Å². The van der Waals surface area contributed by atoms with Crippen LogP contribution >= 0.6 is 0 Å². The molecule has 0 spiro atoms. The maximum Gasteiger partial charge on any atom is 0.307 e. The summed E-state index contributed by atoms with van der Waals surface area (Å²) < 4.78 is 0. The van der Waals surface area contributed by atoms with Gasteiger partial charge in [0, 0.05) is 11.5 Å². The maximum absolute atomic E-state index is 12.5. The molecule has 0 saturated heterocycles. The van der Waals surface area contributed by atoms with E-state index < -0.39 is 11.9 Å². The molecule has 1 aliphatic rings. The molecule has 0 bridgehead atoms. The van der Waals surface area contributed by atoms with Crippen LogP contribution in [-0.2, 0) is 4.79 Å². The Morgan fingerprint density at radius 2 is 1.83 bits per heavy atom. The molecular weight excluding hydrogens is 228 g/mol. The van der Waals surface area contributed by atoms with Crippen LogP contribution in [0.15, 0.2) is 18.2 Å². The monoisotopic (exact) mass is 246 g/mol. The molecule has 1 aliphatic carbocycles. The molecule has 0 heterocycles. The lowest BCUT2D eigenvalue weighted by Crippen LogP contribution is -2.26. The van der Waals surface area contributed by atoms with Gasteiger partial charge in [-0.25, -0.2) is 0 Å². The number of carbonyl (C=O) groups excluding carboxylic acids is 1. The van der Waals surface area contributed by atoms with Gasteiger partial charge in [0.25, 0.3) is 0 Å². The largest absolute Gasteiger partial charge is 0.481 e. The SMILES string of the molecule is Cc1cccc(C(=O)[C@@H]2CCC[C@@H]2C(=O)O)c1C. The van der Waals surface area contributed by atoms with Crippen molar-refractivity contribution in [3.05, 3.63) is 34.9 Å². The molecule has 1 saturated carbocycles. The van der Waals surface area contributed by atoms with E-state index in [-0.39, 0.29) is 11.7 Å². The number of hydrogen-bond acceptors (Lipinski definition) is 2. The third-order valence-corrected chi connectivity index (χ3v) is 4.04. The predicted octanol–water partition coefficient (Wildman–Crippen LogP) is 2.99. The summed E-state index contributed by atoms with van der Waals surface area (Å²) in [5.74, 6) is -1.68. The molecule has 0 aliphatic heterocycles. The van der Waals surface area contributed by atoms with Crippen molar-refractivity contribution >= 4 is 11.8 Å². The summed E-state index contributed by atoms with van der Waals surface area (Å²) in [6.07, 6.45) is 2.15. The smallest absolute Gasteiger partial charge is 0.307 e. The van der Waals surface area contributed by atoms with Crippen LogP contribution in [-0.4, -0.2) is 16.9 Å². The Morgan fingerprint density at radius 3 is 2.50 bits per heavy atom. The zero-order valence-corrected chi connectivity index (χ0v) is 10.8. The van der Waals surface area contributed by atoms with Crippen LogP contribution in [0.2, 0.25) is 0 Å². The number of aryl methyl sites for hydroxylation is 1. The first-order valence-corrected chi connectivity index (χ1v) is 6.35. The van der Waals surface area contributed by atoms with Gasteiger partial charge in [-0.05, 0) is 37.8 Å². The molecule has 0 aromatic heterocycles. The number of ketones is 1. The average Bonchev–Trinajstić information content (AvgIpc) is 2.81. The highest BCUT2D eigenvalue weighted by Gasteiger charge is 2.38. The van der Waals surface area contributed by atoms with Crippen molar-refractivity contribution < 1.29 is 14.7 Å². The van der Waals surface area contributed by atoms with Crippen molar-refractivity contribution in [2.24, 2.45) is 11.8 Å². The number of benzene rings is 1. The highest BCUT2D eigenvalue weighted by Crippen LogP contribution is 2.35. The summed E-state index contributed by atoms with van der Waals surface area (Å²) in [6, 6.07) is 5.64. The minimum Gasteiger partial charge on any atom is -0.481 e. The molecule has 0 amide bonds. The molecular formula is C15H18O3. The number of carboxylic acids is 1. The van der Waals surface area contributed by atoms with Gasteiger partial charge in [0.2, 0.25) is 0 Å². The number of carbonyl (C=O) groups is 2. The Balaban J connectivity index is 2.31. The van der Waals surface area contributed by atoms with Crippen molar-refractivity contribution in [2.75, 3.05) is 0 Å². The molecule has 96 valence electrons. The molecule has 18 heavy (non-hydrogen) atoms. The fraction of sp³-hybridized carbons (Fsp3) is 0.467. The number of carboxylic acid groups (broad SMARTS) is 1. The topological polar surface area (TPSA) is 54.4 Å². The van der Waals surface area contributed by atoms with Gasteiger partial charge in [-0.2, -0.15) is 0 Å². The summed E-state index contributed by atoms with van der Waals surface area (Å²) in [5.41, 5.74) is 2.73. The molecule has 2 rings (SSSR count). The molecule has 2 atom stereocenters. The lowest BCUT2D eigenvalue weighted by Gasteiger charge is -2.16. The van der Waals surface area contributed by atoms with E-state index in [2.05, 4.69) is 0 Å². The number of aliphatic carboxylic acids is 1. The summed E-state index contributed by atoms with van der Waals surface area (Å²) in [4.78, 5) is 23.6. The molecule has 1 aromatic rings. The van der Waals surface area contributed by atoms with Gasteiger partial charge in [-0.15, -0.1) is 0 Å². The van der Waals surface area contributed by atoms with Gasteiger partial charge in [-0.1, -0.05) is 24.6 Å². The van der Waals surface area contributed by atoms with Crippen LogP contribution < -0.4 is 0 Å². The lowest BCUT2D eigenvalue weighted by molar-refractivity contribution is -0.142. The summed E-state index contributed by atoms with van der Waals surface area (Å²) >= 11 is 0. The third kappa shape index (κ3) is 2.17.